The minimum atomic E-state index is 0.0697. The van der Waals surface area contributed by atoms with Crippen molar-refractivity contribution < 1.29 is 4.79 Å². The maximum absolute atomic E-state index is 11.8. The maximum atomic E-state index is 11.8. The minimum absolute atomic E-state index is 0.0697. The molecule has 3 nitrogen and oxygen atoms in total. The van der Waals surface area contributed by atoms with E-state index in [1.807, 2.05) is 4.90 Å². The Bertz CT molecular complexity index is 265. The number of terminal acetylenes is 1. The summed E-state index contributed by atoms with van der Waals surface area (Å²) in [5, 5.41) is 3.37. The lowest BCUT2D eigenvalue weighted by Crippen LogP contribution is -2.39. The monoisotopic (exact) mass is 192 g/mol. The van der Waals surface area contributed by atoms with Crippen LogP contribution < -0.4 is 5.32 Å². The highest BCUT2D eigenvalue weighted by Crippen LogP contribution is 2.22. The van der Waals surface area contributed by atoms with E-state index in [-0.39, 0.29) is 11.9 Å². The first-order chi connectivity index (χ1) is 6.81. The highest BCUT2D eigenvalue weighted by Gasteiger charge is 2.34. The zero-order valence-corrected chi connectivity index (χ0v) is 8.33. The smallest absolute Gasteiger partial charge is 0.239 e. The average Bonchev–Trinajstić information content (AvgIpc) is 2.93. The first-order valence-electron chi connectivity index (χ1n) is 5.29. The largest absolute Gasteiger partial charge is 0.340 e. The summed E-state index contributed by atoms with van der Waals surface area (Å²) in [5.41, 5.74) is 0. The van der Waals surface area contributed by atoms with Crippen LogP contribution in [0.5, 0.6) is 0 Å². The molecule has 0 spiro atoms. The third-order valence-electron chi connectivity index (χ3n) is 2.84. The highest BCUT2D eigenvalue weighted by atomic mass is 16.2. The topological polar surface area (TPSA) is 32.3 Å². The van der Waals surface area contributed by atoms with Crippen LogP contribution in [0.3, 0.4) is 0 Å². The summed E-state index contributed by atoms with van der Waals surface area (Å²) >= 11 is 0. The van der Waals surface area contributed by atoms with Gasteiger partial charge in [0, 0.05) is 25.6 Å². The summed E-state index contributed by atoms with van der Waals surface area (Å²) in [4.78, 5) is 13.6. The molecule has 1 saturated heterocycles. The van der Waals surface area contributed by atoms with Crippen LogP contribution in [0.1, 0.15) is 25.7 Å². The van der Waals surface area contributed by atoms with Gasteiger partial charge in [0.1, 0.15) is 0 Å². The lowest BCUT2D eigenvalue weighted by Gasteiger charge is -2.15. The van der Waals surface area contributed by atoms with E-state index < -0.39 is 0 Å². The second-order valence-electron chi connectivity index (χ2n) is 4.06. The van der Waals surface area contributed by atoms with E-state index in [1.165, 1.54) is 12.8 Å². The quantitative estimate of drug-likeness (QED) is 0.652. The molecule has 0 radical (unpaired) electrons. The van der Waals surface area contributed by atoms with Crippen LogP contribution in [0, 0.1) is 12.3 Å². The molecule has 1 atom stereocenters. The molecular weight excluding hydrogens is 176 g/mol. The predicted molar refractivity (Wildman–Crippen MR) is 54.6 cm³/mol. The Labute approximate surface area is 84.8 Å². The molecule has 1 aliphatic heterocycles. The summed E-state index contributed by atoms with van der Waals surface area (Å²) < 4.78 is 0. The van der Waals surface area contributed by atoms with E-state index in [9.17, 15) is 4.79 Å². The van der Waals surface area contributed by atoms with Crippen LogP contribution >= 0.6 is 0 Å². The summed E-state index contributed by atoms with van der Waals surface area (Å²) in [7, 11) is 0. The first-order valence-corrected chi connectivity index (χ1v) is 5.29. The Morgan fingerprint density at radius 1 is 1.50 bits per heavy atom. The molecule has 2 fully saturated rings. The molecule has 14 heavy (non-hydrogen) atoms. The van der Waals surface area contributed by atoms with Crippen molar-refractivity contribution in [3.8, 4) is 12.3 Å². The number of rotatable bonds is 4. The maximum Gasteiger partial charge on any atom is 0.239 e. The Kier molecular flexibility index (Phi) is 2.74. The minimum Gasteiger partial charge on any atom is -0.340 e. The molecule has 3 heteroatoms. The molecule has 2 rings (SSSR count). The molecule has 1 N–H and O–H groups in total. The van der Waals surface area contributed by atoms with Crippen molar-refractivity contribution in [2.75, 3.05) is 13.1 Å². The summed E-state index contributed by atoms with van der Waals surface area (Å²) in [5.74, 6) is 2.81. The van der Waals surface area contributed by atoms with Crippen molar-refractivity contribution in [3.63, 3.8) is 0 Å². The van der Waals surface area contributed by atoms with Crippen molar-refractivity contribution in [2.45, 2.75) is 37.8 Å². The Morgan fingerprint density at radius 2 is 2.29 bits per heavy atom. The van der Waals surface area contributed by atoms with Gasteiger partial charge in [0.05, 0.1) is 6.04 Å². The Morgan fingerprint density at radius 3 is 2.93 bits per heavy atom. The second kappa shape index (κ2) is 4.02. The molecule has 0 aromatic heterocycles. The molecule has 2 aliphatic rings. The van der Waals surface area contributed by atoms with Crippen LogP contribution in [0.2, 0.25) is 0 Å². The van der Waals surface area contributed by atoms with Crippen LogP contribution in [-0.2, 0) is 4.79 Å². The lowest BCUT2D eigenvalue weighted by molar-refractivity contribution is -0.129. The van der Waals surface area contributed by atoms with Gasteiger partial charge in [-0.25, -0.2) is 0 Å². The molecule has 0 aromatic carbocycles. The van der Waals surface area contributed by atoms with Gasteiger partial charge in [0.15, 0.2) is 0 Å². The standard InChI is InChI=1S/C11H16N2O/c1-2-3-7-13-8-6-10(11(13)14)12-9-4-5-9/h1,9-10,12H,3-8H2. The molecular formula is C11H16N2O. The molecule has 0 bridgehead atoms. The number of likely N-dealkylation sites (tertiary alicyclic amines) is 1. The molecule has 1 amide bonds. The highest BCUT2D eigenvalue weighted by molar-refractivity contribution is 5.84. The van der Waals surface area contributed by atoms with Crippen LogP contribution in [-0.4, -0.2) is 36.0 Å². The van der Waals surface area contributed by atoms with Gasteiger partial charge in [-0.2, -0.15) is 0 Å². The number of nitrogens with zero attached hydrogens (tertiary/aromatic N) is 1. The molecule has 1 saturated carbocycles. The van der Waals surface area contributed by atoms with Crippen LogP contribution in [0.15, 0.2) is 0 Å². The van der Waals surface area contributed by atoms with Crippen LogP contribution in [0.4, 0.5) is 0 Å². The third kappa shape index (κ3) is 2.08. The van der Waals surface area contributed by atoms with Gasteiger partial charge in [-0.15, -0.1) is 12.3 Å². The molecule has 1 aliphatic carbocycles. The van der Waals surface area contributed by atoms with Gasteiger partial charge in [0.2, 0.25) is 5.91 Å². The number of nitrogens with one attached hydrogen (secondary N) is 1. The van der Waals surface area contributed by atoms with Crippen molar-refractivity contribution in [1.82, 2.24) is 10.2 Å². The van der Waals surface area contributed by atoms with Gasteiger partial charge < -0.3 is 10.2 Å². The average molecular weight is 192 g/mol. The number of carbonyl (C=O) groups is 1. The van der Waals surface area contributed by atoms with Crippen LogP contribution in [0.25, 0.3) is 0 Å². The lowest BCUT2D eigenvalue weighted by atomic mass is 10.2. The second-order valence-corrected chi connectivity index (χ2v) is 4.06. The van der Waals surface area contributed by atoms with Crippen molar-refractivity contribution in [2.24, 2.45) is 0 Å². The third-order valence-corrected chi connectivity index (χ3v) is 2.84. The Balaban J connectivity index is 1.80. The fraction of sp³-hybridized carbons (Fsp3) is 0.727. The fourth-order valence-electron chi connectivity index (χ4n) is 1.85. The van der Waals surface area contributed by atoms with E-state index in [0.29, 0.717) is 12.5 Å². The molecule has 1 heterocycles. The number of carbonyl (C=O) groups excluding carboxylic acids is 1. The van der Waals surface area contributed by atoms with E-state index >= 15 is 0 Å². The summed E-state index contributed by atoms with van der Waals surface area (Å²) in [6, 6.07) is 0.678. The fourth-order valence-corrected chi connectivity index (χ4v) is 1.85. The van der Waals surface area contributed by atoms with E-state index in [1.54, 1.807) is 0 Å². The molecule has 0 aromatic rings. The van der Waals surface area contributed by atoms with E-state index in [4.69, 9.17) is 6.42 Å². The van der Waals surface area contributed by atoms with Gasteiger partial charge in [-0.05, 0) is 19.3 Å². The molecule has 76 valence electrons. The van der Waals surface area contributed by atoms with Gasteiger partial charge in [-0.1, -0.05) is 0 Å². The normalized spacial score (nSPS) is 26.6. The Hall–Kier alpha value is -1.01. The number of hydrogen-bond donors (Lipinski definition) is 1. The zero-order chi connectivity index (χ0) is 9.97. The zero-order valence-electron chi connectivity index (χ0n) is 8.33. The number of amides is 1. The number of hydrogen-bond acceptors (Lipinski definition) is 2. The van der Waals surface area contributed by atoms with Crippen molar-refractivity contribution >= 4 is 5.91 Å². The van der Waals surface area contributed by atoms with E-state index in [2.05, 4.69) is 11.2 Å². The SMILES string of the molecule is C#CCCN1CCC(NC2CC2)C1=O. The van der Waals surface area contributed by atoms with Gasteiger partial charge >= 0.3 is 0 Å². The van der Waals surface area contributed by atoms with Crippen molar-refractivity contribution in [3.05, 3.63) is 0 Å². The van der Waals surface area contributed by atoms with Gasteiger partial charge in [0.25, 0.3) is 0 Å². The van der Waals surface area contributed by atoms with Gasteiger partial charge in [-0.3, -0.25) is 4.79 Å². The van der Waals surface area contributed by atoms with E-state index in [0.717, 1.165) is 19.5 Å². The summed E-state index contributed by atoms with van der Waals surface area (Å²) in [6.07, 6.45) is 9.25. The first kappa shape index (κ1) is 9.54. The predicted octanol–water partition coefficient (Wildman–Crippen LogP) is 0.363. The molecule has 1 unspecified atom stereocenters. The van der Waals surface area contributed by atoms with Crippen molar-refractivity contribution in [1.29, 1.82) is 0 Å². The summed E-state index contributed by atoms with van der Waals surface area (Å²) in [6.45, 7) is 1.59.